The monoisotopic (exact) mass is 266 g/mol. The summed E-state index contributed by atoms with van der Waals surface area (Å²) in [5, 5.41) is 0.515. The Kier molecular flexibility index (Phi) is 12.9. The third kappa shape index (κ3) is 6.45. The Morgan fingerprint density at radius 2 is 1.50 bits per heavy atom. The second-order valence-electron chi connectivity index (χ2n) is 4.89. The van der Waals surface area contributed by atoms with Gasteiger partial charge in [-0.15, -0.1) is 21.6 Å². The summed E-state index contributed by atoms with van der Waals surface area (Å²) in [7, 11) is 3.15. The highest BCUT2D eigenvalue weighted by molar-refractivity contribution is 7.19. The second-order valence-corrected chi connectivity index (χ2v) is 6.04. The molecule has 0 aliphatic rings. The van der Waals surface area contributed by atoms with E-state index in [9.17, 15) is 0 Å². The molecule has 0 aliphatic heterocycles. The van der Waals surface area contributed by atoms with Gasteiger partial charge in [-0.3, -0.25) is 0 Å². The van der Waals surface area contributed by atoms with Crippen molar-refractivity contribution in [3.63, 3.8) is 0 Å². The minimum absolute atomic E-state index is 0. The highest BCUT2D eigenvalue weighted by Gasteiger charge is 2.28. The summed E-state index contributed by atoms with van der Waals surface area (Å²) in [5.74, 6) is 0.911. The Hall–Kier alpha value is 0.720. The molecule has 2 atom stereocenters. The van der Waals surface area contributed by atoms with Gasteiger partial charge in [0.2, 0.25) is 0 Å². The lowest BCUT2D eigenvalue weighted by molar-refractivity contribution is 0.314. The highest BCUT2D eigenvalue weighted by Crippen LogP contribution is 2.39. The first-order valence-electron chi connectivity index (χ1n) is 6.93. The zero-order chi connectivity index (χ0) is 11.7. The molecule has 0 rings (SSSR count). The van der Waals surface area contributed by atoms with Crippen LogP contribution >= 0.6 is 21.6 Å². The van der Waals surface area contributed by atoms with Gasteiger partial charge < -0.3 is 0 Å². The third-order valence-corrected chi connectivity index (χ3v) is 5.32. The van der Waals surface area contributed by atoms with Gasteiger partial charge in [0.25, 0.3) is 0 Å². The van der Waals surface area contributed by atoms with Crippen LogP contribution in [-0.4, -0.2) is 5.16 Å². The minimum atomic E-state index is 0. The van der Waals surface area contributed by atoms with Crippen molar-refractivity contribution >= 4 is 21.6 Å². The maximum Gasteiger partial charge on any atom is -0.0127 e. The molecule has 0 amide bonds. The van der Waals surface area contributed by atoms with E-state index in [1.54, 1.807) is 0 Å². The number of unbranched alkanes of at least 4 members (excludes halogenated alkanes) is 3. The molecule has 0 nitrogen and oxygen atoms in total. The van der Waals surface area contributed by atoms with Gasteiger partial charge in [-0.2, -0.15) is 0 Å². The molecule has 0 saturated heterocycles. The molecule has 0 aliphatic carbocycles. The lowest BCUT2D eigenvalue weighted by Crippen LogP contribution is -2.29. The Morgan fingerprint density at radius 3 is 1.88 bits per heavy atom. The Labute approximate surface area is 112 Å². The van der Waals surface area contributed by atoms with E-state index in [1.165, 1.54) is 51.4 Å². The predicted molar refractivity (Wildman–Crippen MR) is 82.8 cm³/mol. The first-order chi connectivity index (χ1) is 7.14. The van der Waals surface area contributed by atoms with E-state index >= 15 is 0 Å². The van der Waals surface area contributed by atoms with Gasteiger partial charge in [-0.1, -0.05) is 59.8 Å². The van der Waals surface area contributed by atoms with Crippen molar-refractivity contribution in [3.05, 3.63) is 0 Å². The van der Waals surface area contributed by atoms with Gasteiger partial charge in [0.05, 0.1) is 0 Å². The first-order valence-corrected chi connectivity index (χ1v) is 7.51. The molecule has 0 aromatic carbocycles. The van der Waals surface area contributed by atoms with Crippen LogP contribution in [0.5, 0.6) is 0 Å². The Bertz CT molecular complexity index is 144. The van der Waals surface area contributed by atoms with Crippen molar-refractivity contribution in [1.82, 2.24) is 0 Å². The van der Waals surface area contributed by atoms with Crippen LogP contribution in [0.15, 0.2) is 0 Å². The fourth-order valence-corrected chi connectivity index (χ4v) is 2.95. The van der Waals surface area contributed by atoms with Crippen molar-refractivity contribution in [2.75, 3.05) is 0 Å². The van der Waals surface area contributed by atoms with Crippen LogP contribution in [-0.2, 0) is 0 Å². The summed E-state index contributed by atoms with van der Waals surface area (Å²) in [5.41, 5.74) is 0. The Balaban J connectivity index is 0. The molecule has 2 heteroatoms. The molecule has 0 aromatic rings. The van der Waals surface area contributed by atoms with E-state index in [-0.39, 0.29) is 12.4 Å². The largest absolute Gasteiger partial charge is 0.147 e. The molecule has 0 N–H and O–H groups in total. The fraction of sp³-hybridized carbons (Fsp3) is 1.00. The molecule has 0 spiro atoms. The maximum atomic E-state index is 3.15. The van der Waals surface area contributed by atoms with Crippen LogP contribution in [0.1, 0.15) is 79.1 Å². The number of halogens is 1. The molecule has 0 heterocycles. The van der Waals surface area contributed by atoms with E-state index in [1.807, 2.05) is 0 Å². The topological polar surface area (TPSA) is 0 Å². The fourth-order valence-electron chi connectivity index (χ4n) is 2.54. The molecular weight excluding hydrogens is 235 g/mol. The van der Waals surface area contributed by atoms with Crippen molar-refractivity contribution in [2.24, 2.45) is 5.92 Å². The zero-order valence-corrected chi connectivity index (χ0v) is 13.7. The maximum absolute atomic E-state index is 3.15. The molecule has 100 valence electrons. The first kappa shape index (κ1) is 19.1. The predicted octanol–water partition coefficient (Wildman–Crippen LogP) is 5.84. The summed E-state index contributed by atoms with van der Waals surface area (Å²) >= 11 is 0. The van der Waals surface area contributed by atoms with Crippen molar-refractivity contribution in [1.29, 1.82) is 0 Å². The number of rotatable bonds is 9. The minimum Gasteiger partial charge on any atom is -0.147 e. The van der Waals surface area contributed by atoms with E-state index in [4.69, 9.17) is 0 Å². The number of hydrogen-bond donors (Lipinski definition) is 0. The standard InChI is InChI=1S/C14H31P.ClH/c1-5-9-10-11-12-13(6-2)14(15,7-3)8-4;/h13H,5-12,15H2,1-4H3;1H. The van der Waals surface area contributed by atoms with Gasteiger partial charge in [-0.25, -0.2) is 0 Å². The molecule has 0 fully saturated rings. The molecule has 0 radical (unpaired) electrons. The van der Waals surface area contributed by atoms with Crippen LogP contribution in [0, 0.1) is 5.92 Å². The van der Waals surface area contributed by atoms with Gasteiger partial charge in [0, 0.05) is 0 Å². The summed E-state index contributed by atoms with van der Waals surface area (Å²) in [6, 6.07) is 0. The van der Waals surface area contributed by atoms with Gasteiger partial charge in [0.1, 0.15) is 0 Å². The van der Waals surface area contributed by atoms with E-state index < -0.39 is 0 Å². The molecule has 16 heavy (non-hydrogen) atoms. The molecule has 2 unspecified atom stereocenters. The van der Waals surface area contributed by atoms with Gasteiger partial charge in [-0.05, 0) is 30.3 Å². The van der Waals surface area contributed by atoms with E-state index in [2.05, 4.69) is 36.9 Å². The van der Waals surface area contributed by atoms with Crippen LogP contribution in [0.3, 0.4) is 0 Å². The van der Waals surface area contributed by atoms with Crippen molar-refractivity contribution in [3.8, 4) is 0 Å². The summed E-state index contributed by atoms with van der Waals surface area (Å²) in [6.45, 7) is 9.32. The van der Waals surface area contributed by atoms with Crippen molar-refractivity contribution in [2.45, 2.75) is 84.2 Å². The van der Waals surface area contributed by atoms with E-state index in [0.29, 0.717) is 5.16 Å². The van der Waals surface area contributed by atoms with E-state index in [0.717, 1.165) is 5.92 Å². The highest BCUT2D eigenvalue weighted by atomic mass is 35.5. The average Bonchev–Trinajstić information content (AvgIpc) is 2.28. The van der Waals surface area contributed by atoms with Gasteiger partial charge in [0.15, 0.2) is 0 Å². The van der Waals surface area contributed by atoms with Crippen LogP contribution in [0.25, 0.3) is 0 Å². The normalized spacial score (nSPS) is 13.3. The molecule has 0 saturated carbocycles. The quantitative estimate of drug-likeness (QED) is 0.363. The third-order valence-electron chi connectivity index (χ3n) is 4.03. The summed E-state index contributed by atoms with van der Waals surface area (Å²) in [6.07, 6.45) is 11.0. The van der Waals surface area contributed by atoms with Gasteiger partial charge >= 0.3 is 0 Å². The van der Waals surface area contributed by atoms with Crippen LogP contribution in [0.4, 0.5) is 0 Å². The lowest BCUT2D eigenvalue weighted by atomic mass is 9.81. The smallest absolute Gasteiger partial charge is 0.0127 e. The van der Waals surface area contributed by atoms with Crippen LogP contribution < -0.4 is 0 Å². The Morgan fingerprint density at radius 1 is 0.938 bits per heavy atom. The summed E-state index contributed by atoms with van der Waals surface area (Å²) < 4.78 is 0. The summed E-state index contributed by atoms with van der Waals surface area (Å²) in [4.78, 5) is 0. The van der Waals surface area contributed by atoms with Crippen LogP contribution in [0.2, 0.25) is 0 Å². The second kappa shape index (κ2) is 10.8. The molecule has 0 bridgehead atoms. The zero-order valence-electron chi connectivity index (χ0n) is 11.7. The lowest BCUT2D eigenvalue weighted by Gasteiger charge is -2.36. The average molecular weight is 267 g/mol. The number of hydrogen-bond acceptors (Lipinski definition) is 0. The SMILES string of the molecule is CCCCCCC(CC)C(P)(CC)CC.Cl. The molecular formula is C14H32ClP. The van der Waals surface area contributed by atoms with Crippen molar-refractivity contribution < 1.29 is 0 Å². The molecule has 0 aromatic heterocycles.